The summed E-state index contributed by atoms with van der Waals surface area (Å²) < 4.78 is 45.2. The smallest absolute Gasteiger partial charge is 0.350 e. The van der Waals surface area contributed by atoms with Crippen LogP contribution < -0.4 is 31.0 Å². The minimum Gasteiger partial charge on any atom is -0.497 e. The number of esters is 1. The van der Waals surface area contributed by atoms with Crippen LogP contribution in [0.2, 0.25) is 0 Å². The molecule has 0 aliphatic rings. The maximum Gasteiger partial charge on any atom is 0.350 e. The molecule has 0 radical (unpaired) electrons. The molecule has 0 saturated heterocycles. The number of benzene rings is 2. The van der Waals surface area contributed by atoms with Gasteiger partial charge in [-0.05, 0) is 24.3 Å². The number of alkyl halides is 1. The lowest BCUT2D eigenvalue weighted by molar-refractivity contribution is -0.131. The van der Waals surface area contributed by atoms with E-state index in [2.05, 4.69) is 25.4 Å². The molecule has 0 fully saturated rings. The van der Waals surface area contributed by atoms with Crippen LogP contribution in [0.1, 0.15) is 29.9 Å². The molecule has 40 heavy (non-hydrogen) atoms. The number of halogens is 2. The van der Waals surface area contributed by atoms with Crippen LogP contribution in [0.25, 0.3) is 5.95 Å². The number of hydrogen-bond acceptors (Lipinski definition) is 10. The topological polar surface area (TPSA) is 183 Å². The fourth-order valence-electron chi connectivity index (χ4n) is 3.72. The zero-order valence-electron chi connectivity index (χ0n) is 21.3. The summed E-state index contributed by atoms with van der Waals surface area (Å²) in [6.07, 6.45) is 2.84. The molecule has 2 aromatic heterocycles. The summed E-state index contributed by atoms with van der Waals surface area (Å²) in [5.74, 6) is -2.12. The van der Waals surface area contributed by atoms with Crippen molar-refractivity contribution >= 4 is 17.5 Å². The molecule has 208 valence electrons. The Morgan fingerprint density at radius 2 is 1.98 bits per heavy atom. The van der Waals surface area contributed by atoms with Crippen LogP contribution in [-0.2, 0) is 4.79 Å². The average molecular weight is 555 g/mol. The van der Waals surface area contributed by atoms with Crippen LogP contribution in [0.15, 0.2) is 53.6 Å². The minimum absolute atomic E-state index is 0.0291. The average Bonchev–Trinajstić information content (AvgIpc) is 3.32. The first-order valence-corrected chi connectivity index (χ1v) is 11.7. The normalized spacial score (nSPS) is 11.5. The first kappa shape index (κ1) is 27.7. The van der Waals surface area contributed by atoms with Crippen LogP contribution >= 0.6 is 0 Å². The summed E-state index contributed by atoms with van der Waals surface area (Å²) in [7, 11) is 1.35. The number of nitrogen functional groups attached to an aromatic ring is 1. The molecule has 0 amide bonds. The van der Waals surface area contributed by atoms with E-state index in [1.54, 1.807) is 6.07 Å². The highest BCUT2D eigenvalue weighted by molar-refractivity contribution is 5.98. The molecule has 0 aliphatic heterocycles. The zero-order chi connectivity index (χ0) is 28.8. The first-order chi connectivity index (χ1) is 19.2. The quantitative estimate of drug-likeness (QED) is 0.0928. The van der Waals surface area contributed by atoms with Gasteiger partial charge in [0.25, 0.3) is 5.95 Å². The SMILES string of the molecule is COc1cc(OCCF)c(F)c(C(Nc2ccc(C(=N)N)c(OC(C)=O)c2)c2nn(-c3ncccn3)c(=O)[nH]2)c1. The Kier molecular flexibility index (Phi) is 8.32. The predicted octanol–water partition coefficient (Wildman–Crippen LogP) is 2.26. The summed E-state index contributed by atoms with van der Waals surface area (Å²) >= 11 is 0. The number of methoxy groups -OCH3 is 1. The Morgan fingerprint density at radius 3 is 2.62 bits per heavy atom. The molecule has 0 aliphatic carbocycles. The van der Waals surface area contributed by atoms with Gasteiger partial charge in [0, 0.05) is 42.7 Å². The second-order valence-electron chi connectivity index (χ2n) is 8.14. The summed E-state index contributed by atoms with van der Waals surface area (Å²) in [5.41, 5.74) is 5.22. The van der Waals surface area contributed by atoms with Gasteiger partial charge in [-0.15, -0.1) is 9.78 Å². The van der Waals surface area contributed by atoms with Gasteiger partial charge < -0.3 is 25.3 Å². The molecule has 15 heteroatoms. The monoisotopic (exact) mass is 554 g/mol. The number of anilines is 1. The molecule has 4 aromatic rings. The Morgan fingerprint density at radius 1 is 1.23 bits per heavy atom. The molecule has 1 unspecified atom stereocenters. The van der Waals surface area contributed by atoms with Crippen LogP contribution in [-0.4, -0.2) is 56.9 Å². The number of nitrogens with one attached hydrogen (secondary N) is 3. The van der Waals surface area contributed by atoms with Gasteiger partial charge in [0.1, 0.15) is 36.7 Å². The number of hydrogen-bond donors (Lipinski definition) is 4. The highest BCUT2D eigenvalue weighted by Crippen LogP contribution is 2.35. The van der Waals surface area contributed by atoms with Gasteiger partial charge in [-0.1, -0.05) is 0 Å². The summed E-state index contributed by atoms with van der Waals surface area (Å²) in [6.45, 7) is -0.0823. The number of amidine groups is 1. The Labute approximate surface area is 225 Å². The van der Waals surface area contributed by atoms with Crippen LogP contribution in [0.4, 0.5) is 14.5 Å². The van der Waals surface area contributed by atoms with Crippen molar-refractivity contribution in [3.8, 4) is 23.2 Å². The highest BCUT2D eigenvalue weighted by Gasteiger charge is 2.27. The molecule has 0 bridgehead atoms. The zero-order valence-corrected chi connectivity index (χ0v) is 21.3. The number of nitrogens with zero attached hydrogens (tertiary/aromatic N) is 4. The van der Waals surface area contributed by atoms with Crippen LogP contribution in [0.5, 0.6) is 17.2 Å². The van der Waals surface area contributed by atoms with Crippen molar-refractivity contribution in [3.05, 3.63) is 82.0 Å². The first-order valence-electron chi connectivity index (χ1n) is 11.7. The lowest BCUT2D eigenvalue weighted by atomic mass is 10.0. The Hall–Kier alpha value is -5.34. The number of nitrogens with two attached hydrogens (primary N) is 1. The molecule has 2 heterocycles. The number of rotatable bonds is 11. The molecule has 4 rings (SSSR count). The summed E-state index contributed by atoms with van der Waals surface area (Å²) in [6, 6.07) is 7.26. The van der Waals surface area contributed by atoms with E-state index in [0.717, 1.165) is 4.68 Å². The second-order valence-corrected chi connectivity index (χ2v) is 8.14. The number of ether oxygens (including phenoxy) is 3. The number of carbonyl (C=O) groups excluding carboxylic acids is 1. The fourth-order valence-corrected chi connectivity index (χ4v) is 3.72. The van der Waals surface area contributed by atoms with Gasteiger partial charge >= 0.3 is 11.7 Å². The lowest BCUT2D eigenvalue weighted by Crippen LogP contribution is -2.19. The Balaban J connectivity index is 1.88. The van der Waals surface area contributed by atoms with Crippen molar-refractivity contribution in [2.45, 2.75) is 13.0 Å². The molecule has 0 spiro atoms. The summed E-state index contributed by atoms with van der Waals surface area (Å²) in [4.78, 5) is 35.1. The van der Waals surface area contributed by atoms with E-state index in [-0.39, 0.29) is 51.7 Å². The van der Waals surface area contributed by atoms with E-state index < -0.39 is 36.8 Å². The van der Waals surface area contributed by atoms with Gasteiger partial charge in [-0.25, -0.2) is 23.5 Å². The number of aromatic amines is 1. The highest BCUT2D eigenvalue weighted by atomic mass is 19.1. The third-order valence-electron chi connectivity index (χ3n) is 5.41. The maximum absolute atomic E-state index is 15.8. The standard InChI is InChI=1S/C25H24F2N8O5/c1-13(36)40-18-10-14(4-5-16(18)22(28)29)32-21(17-11-15(38-2)12-19(20(17)27)39-9-6-26)23-33-25(37)35(34-23)24-30-7-3-8-31-24/h3-5,7-8,10-12,21,32H,6,9H2,1-2H3,(H3,28,29)(H,33,34,37). The Bertz CT molecular complexity index is 1590. The largest absolute Gasteiger partial charge is 0.497 e. The van der Waals surface area contributed by atoms with Crippen molar-refractivity contribution < 1.29 is 27.8 Å². The summed E-state index contributed by atoms with van der Waals surface area (Å²) in [5, 5.41) is 15.1. The number of carbonyl (C=O) groups is 1. The van der Waals surface area contributed by atoms with Gasteiger partial charge in [0.15, 0.2) is 17.4 Å². The van der Waals surface area contributed by atoms with E-state index >= 15 is 4.39 Å². The van der Waals surface area contributed by atoms with E-state index in [9.17, 15) is 14.0 Å². The molecule has 13 nitrogen and oxygen atoms in total. The number of aromatic nitrogens is 5. The predicted molar refractivity (Wildman–Crippen MR) is 138 cm³/mol. The molecule has 5 N–H and O–H groups in total. The molecule has 1 atom stereocenters. The van der Waals surface area contributed by atoms with E-state index in [1.165, 1.54) is 56.8 Å². The van der Waals surface area contributed by atoms with Crippen molar-refractivity contribution in [1.29, 1.82) is 5.41 Å². The fraction of sp³-hybridized carbons (Fsp3) is 0.200. The van der Waals surface area contributed by atoms with E-state index in [4.69, 9.17) is 25.4 Å². The van der Waals surface area contributed by atoms with Crippen molar-refractivity contribution in [2.75, 3.05) is 25.7 Å². The second kappa shape index (κ2) is 12.0. The molecular weight excluding hydrogens is 530 g/mol. The van der Waals surface area contributed by atoms with E-state index in [0.29, 0.717) is 0 Å². The third kappa shape index (κ3) is 6.03. The molecule has 2 aromatic carbocycles. The van der Waals surface area contributed by atoms with Gasteiger partial charge in [-0.3, -0.25) is 15.2 Å². The van der Waals surface area contributed by atoms with Gasteiger partial charge in [0.05, 0.1) is 12.7 Å². The maximum atomic E-state index is 15.8. The van der Waals surface area contributed by atoms with E-state index in [1.807, 2.05) is 0 Å². The third-order valence-corrected chi connectivity index (χ3v) is 5.41. The van der Waals surface area contributed by atoms with Crippen LogP contribution in [0.3, 0.4) is 0 Å². The minimum atomic E-state index is -1.21. The van der Waals surface area contributed by atoms with Crippen molar-refractivity contribution in [2.24, 2.45) is 5.73 Å². The molecular formula is C25H24F2N8O5. The molecule has 0 saturated carbocycles. The van der Waals surface area contributed by atoms with Gasteiger partial charge in [0.2, 0.25) is 0 Å². The number of H-pyrrole nitrogens is 1. The lowest BCUT2D eigenvalue weighted by Gasteiger charge is -2.21. The van der Waals surface area contributed by atoms with Gasteiger partial charge in [-0.2, -0.15) is 0 Å². The van der Waals surface area contributed by atoms with Crippen molar-refractivity contribution in [1.82, 2.24) is 24.7 Å². The van der Waals surface area contributed by atoms with Crippen molar-refractivity contribution in [3.63, 3.8) is 0 Å². The van der Waals surface area contributed by atoms with Crippen LogP contribution in [0, 0.1) is 11.2 Å².